The quantitative estimate of drug-likeness (QED) is 0.631. The number of benzene rings is 1. The van der Waals surface area contributed by atoms with Crippen molar-refractivity contribution in [2.45, 2.75) is 45.3 Å². The lowest BCUT2D eigenvalue weighted by atomic mass is 10.1. The van der Waals surface area contributed by atoms with Gasteiger partial charge in [0.15, 0.2) is 0 Å². The number of amides is 3. The van der Waals surface area contributed by atoms with Crippen LogP contribution in [-0.4, -0.2) is 52.3 Å². The fourth-order valence-corrected chi connectivity index (χ4v) is 4.77. The highest BCUT2D eigenvalue weighted by atomic mass is 32.2. The first-order chi connectivity index (χ1) is 15.1. The maximum atomic E-state index is 12.7. The molecule has 164 valence electrons. The molecule has 1 aromatic carbocycles. The van der Waals surface area contributed by atoms with E-state index in [0.29, 0.717) is 18.0 Å². The number of hydrogen-bond donors (Lipinski definition) is 1. The van der Waals surface area contributed by atoms with Gasteiger partial charge >= 0.3 is 0 Å². The van der Waals surface area contributed by atoms with Crippen molar-refractivity contribution < 1.29 is 19.1 Å². The summed E-state index contributed by atoms with van der Waals surface area (Å²) in [5, 5.41) is 3.67. The molecule has 7 nitrogen and oxygen atoms in total. The lowest BCUT2D eigenvalue weighted by molar-refractivity contribution is -0.123. The summed E-state index contributed by atoms with van der Waals surface area (Å²) < 4.78 is 7.44. The van der Waals surface area contributed by atoms with Gasteiger partial charge in [-0.05, 0) is 43.2 Å². The molecule has 1 N–H and O–H groups in total. The Morgan fingerprint density at radius 3 is 2.94 bits per heavy atom. The van der Waals surface area contributed by atoms with Gasteiger partial charge in [0, 0.05) is 42.4 Å². The standard InChI is InChI=1S/C23H27N3O4S/c1-2-3-10-26-22(28)20(31-23(26)29)12-16-14-25(19-9-5-4-8-18(16)19)15-21(27)24-13-17-7-6-11-30-17/h4-5,8-9,12,14,17H,2-3,6-7,10-11,13,15H2,1H3,(H,24,27)/b20-12-/t17-/m1/s1. The van der Waals surface area contributed by atoms with E-state index in [9.17, 15) is 14.4 Å². The Labute approximate surface area is 185 Å². The van der Waals surface area contributed by atoms with E-state index in [1.165, 1.54) is 4.90 Å². The third-order valence-corrected chi connectivity index (χ3v) is 6.49. The zero-order chi connectivity index (χ0) is 21.8. The van der Waals surface area contributed by atoms with Crippen molar-refractivity contribution in [2.24, 2.45) is 0 Å². The highest BCUT2D eigenvalue weighted by Gasteiger charge is 2.34. The molecule has 0 unspecified atom stereocenters. The highest BCUT2D eigenvalue weighted by Crippen LogP contribution is 2.34. The van der Waals surface area contributed by atoms with Crippen LogP contribution in [0.3, 0.4) is 0 Å². The minimum atomic E-state index is -0.241. The number of nitrogens with zero attached hydrogens (tertiary/aromatic N) is 2. The number of unbranched alkanes of at least 4 members (excludes halogenated alkanes) is 1. The van der Waals surface area contributed by atoms with Crippen LogP contribution in [0, 0.1) is 0 Å². The smallest absolute Gasteiger partial charge is 0.293 e. The maximum Gasteiger partial charge on any atom is 0.293 e. The Bertz CT molecular complexity index is 1020. The minimum Gasteiger partial charge on any atom is -0.376 e. The van der Waals surface area contributed by atoms with Gasteiger partial charge in [-0.1, -0.05) is 31.5 Å². The first-order valence-corrected chi connectivity index (χ1v) is 11.6. The van der Waals surface area contributed by atoms with E-state index in [-0.39, 0.29) is 29.7 Å². The summed E-state index contributed by atoms with van der Waals surface area (Å²) >= 11 is 0.977. The Morgan fingerprint density at radius 2 is 2.16 bits per heavy atom. The van der Waals surface area contributed by atoms with Crippen LogP contribution in [0.5, 0.6) is 0 Å². The van der Waals surface area contributed by atoms with Gasteiger partial charge < -0.3 is 14.6 Å². The first-order valence-electron chi connectivity index (χ1n) is 10.8. The molecular formula is C23H27N3O4S. The van der Waals surface area contributed by atoms with E-state index in [4.69, 9.17) is 4.74 Å². The maximum absolute atomic E-state index is 12.7. The van der Waals surface area contributed by atoms with Gasteiger partial charge in [-0.2, -0.15) is 0 Å². The average Bonchev–Trinajstić information content (AvgIpc) is 3.46. The summed E-state index contributed by atoms with van der Waals surface area (Å²) in [4.78, 5) is 39.2. The van der Waals surface area contributed by atoms with Crippen molar-refractivity contribution in [3.8, 4) is 0 Å². The summed E-state index contributed by atoms with van der Waals surface area (Å²) in [6.45, 7) is 3.94. The summed E-state index contributed by atoms with van der Waals surface area (Å²) in [5.74, 6) is -0.322. The number of carbonyl (C=O) groups excluding carboxylic acids is 3. The van der Waals surface area contributed by atoms with E-state index in [1.54, 1.807) is 6.08 Å². The molecule has 1 atom stereocenters. The molecule has 0 radical (unpaired) electrons. The Morgan fingerprint density at radius 1 is 1.32 bits per heavy atom. The normalized spacial score (nSPS) is 20.4. The van der Waals surface area contributed by atoms with Crippen molar-refractivity contribution in [1.29, 1.82) is 0 Å². The summed E-state index contributed by atoms with van der Waals surface area (Å²) in [6, 6.07) is 7.76. The second kappa shape index (κ2) is 9.70. The largest absolute Gasteiger partial charge is 0.376 e. The number of imide groups is 1. The number of ether oxygens (including phenoxy) is 1. The number of carbonyl (C=O) groups is 3. The summed E-state index contributed by atoms with van der Waals surface area (Å²) in [5.41, 5.74) is 1.73. The third-order valence-electron chi connectivity index (χ3n) is 5.58. The van der Waals surface area contributed by atoms with E-state index < -0.39 is 0 Å². The van der Waals surface area contributed by atoms with Crippen molar-refractivity contribution >= 4 is 45.8 Å². The predicted molar refractivity (Wildman–Crippen MR) is 122 cm³/mol. The minimum absolute atomic E-state index is 0.0808. The molecule has 2 saturated heterocycles. The third kappa shape index (κ3) is 4.85. The molecule has 4 rings (SSSR count). The molecule has 2 aliphatic rings. The Hall–Kier alpha value is -2.58. The summed E-state index contributed by atoms with van der Waals surface area (Å²) in [6.07, 6.45) is 7.47. The zero-order valence-electron chi connectivity index (χ0n) is 17.6. The molecule has 3 amide bonds. The van der Waals surface area contributed by atoms with Crippen molar-refractivity contribution in [1.82, 2.24) is 14.8 Å². The van der Waals surface area contributed by atoms with Crippen molar-refractivity contribution in [3.05, 3.63) is 40.9 Å². The van der Waals surface area contributed by atoms with Gasteiger partial charge in [-0.25, -0.2) is 0 Å². The molecule has 8 heteroatoms. The number of para-hydroxylation sites is 1. The number of hydrogen-bond acceptors (Lipinski definition) is 5. The molecule has 0 spiro atoms. The van der Waals surface area contributed by atoms with Gasteiger partial charge in [0.25, 0.3) is 11.1 Å². The molecule has 0 bridgehead atoms. The van der Waals surface area contributed by atoms with Crippen LogP contribution >= 0.6 is 11.8 Å². The second-order valence-corrected chi connectivity index (χ2v) is 8.85. The Kier molecular flexibility index (Phi) is 6.77. The number of fused-ring (bicyclic) bond motifs is 1. The van der Waals surface area contributed by atoms with Gasteiger partial charge in [-0.15, -0.1) is 0 Å². The molecule has 3 heterocycles. The number of thioether (sulfide) groups is 1. The number of aromatic nitrogens is 1. The average molecular weight is 442 g/mol. The predicted octanol–water partition coefficient (Wildman–Crippen LogP) is 3.77. The SMILES string of the molecule is CCCCN1C(=O)S/C(=C\c2cn(CC(=O)NC[C@H]3CCCO3)c3ccccc23)C1=O. The molecule has 2 aliphatic heterocycles. The molecule has 31 heavy (non-hydrogen) atoms. The van der Waals surface area contributed by atoms with Crippen LogP contribution < -0.4 is 5.32 Å². The number of rotatable bonds is 8. The fourth-order valence-electron chi connectivity index (χ4n) is 3.91. The van der Waals surface area contributed by atoms with Crippen LogP contribution in [0.2, 0.25) is 0 Å². The lowest BCUT2D eigenvalue weighted by Gasteiger charge is -2.11. The highest BCUT2D eigenvalue weighted by molar-refractivity contribution is 8.18. The van der Waals surface area contributed by atoms with E-state index in [1.807, 2.05) is 42.0 Å². The van der Waals surface area contributed by atoms with Crippen molar-refractivity contribution in [3.63, 3.8) is 0 Å². The monoisotopic (exact) mass is 441 g/mol. The van der Waals surface area contributed by atoms with Crippen LogP contribution in [0.4, 0.5) is 4.79 Å². The molecule has 0 aliphatic carbocycles. The second-order valence-electron chi connectivity index (χ2n) is 7.86. The van der Waals surface area contributed by atoms with Crippen molar-refractivity contribution in [2.75, 3.05) is 19.7 Å². The first kappa shape index (κ1) is 21.6. The lowest BCUT2D eigenvalue weighted by Crippen LogP contribution is -2.34. The van der Waals surface area contributed by atoms with Crippen LogP contribution in [0.1, 0.15) is 38.2 Å². The summed E-state index contributed by atoms with van der Waals surface area (Å²) in [7, 11) is 0. The fraction of sp³-hybridized carbons (Fsp3) is 0.435. The molecule has 2 fully saturated rings. The van der Waals surface area contributed by atoms with Gasteiger partial charge in [-0.3, -0.25) is 19.3 Å². The number of nitrogens with one attached hydrogen (secondary N) is 1. The Balaban J connectivity index is 1.52. The molecule has 1 aromatic heterocycles. The van der Waals surface area contributed by atoms with E-state index >= 15 is 0 Å². The van der Waals surface area contributed by atoms with Crippen LogP contribution in [0.15, 0.2) is 35.4 Å². The molecule has 2 aromatic rings. The molecular weight excluding hydrogens is 414 g/mol. The van der Waals surface area contributed by atoms with Crippen LogP contribution in [-0.2, 0) is 20.9 Å². The van der Waals surface area contributed by atoms with Gasteiger partial charge in [0.2, 0.25) is 5.91 Å². The van der Waals surface area contributed by atoms with Gasteiger partial charge in [0.1, 0.15) is 6.54 Å². The van der Waals surface area contributed by atoms with E-state index in [2.05, 4.69) is 5.32 Å². The van der Waals surface area contributed by atoms with Crippen LogP contribution in [0.25, 0.3) is 17.0 Å². The topological polar surface area (TPSA) is 80.6 Å². The van der Waals surface area contributed by atoms with Gasteiger partial charge in [0.05, 0.1) is 11.0 Å². The zero-order valence-corrected chi connectivity index (χ0v) is 18.5. The molecule has 0 saturated carbocycles. The van der Waals surface area contributed by atoms with E-state index in [0.717, 1.165) is 60.5 Å².